The van der Waals surface area contributed by atoms with Crippen LogP contribution in [0.15, 0.2) is 24.3 Å². The first-order valence-electron chi connectivity index (χ1n) is 6.65. The summed E-state index contributed by atoms with van der Waals surface area (Å²) in [5.74, 6) is 0.739. The lowest BCUT2D eigenvalue weighted by Gasteiger charge is -2.22. The van der Waals surface area contributed by atoms with E-state index in [0.717, 1.165) is 18.6 Å². The van der Waals surface area contributed by atoms with Crippen molar-refractivity contribution in [1.82, 2.24) is 0 Å². The first kappa shape index (κ1) is 15.8. The Labute approximate surface area is 115 Å². The van der Waals surface area contributed by atoms with Gasteiger partial charge in [0.2, 0.25) is 0 Å². The number of methoxy groups -OCH3 is 1. The molecule has 0 radical (unpaired) electrons. The van der Waals surface area contributed by atoms with E-state index in [-0.39, 0.29) is 5.60 Å². The Hall–Kier alpha value is -1.26. The van der Waals surface area contributed by atoms with E-state index in [1.807, 2.05) is 24.3 Å². The Kier molecular flexibility index (Phi) is 6.67. The molecule has 0 spiro atoms. The summed E-state index contributed by atoms with van der Waals surface area (Å²) in [6, 6.07) is 7.51. The number of rotatable bonds is 9. The second-order valence-electron chi connectivity index (χ2n) is 5.07. The molecule has 108 valence electrons. The fraction of sp³-hybridized carbons (Fsp3) is 0.600. The van der Waals surface area contributed by atoms with E-state index in [9.17, 15) is 0 Å². The number of anilines is 1. The smallest absolute Gasteiger partial charge is 0.142 e. The Balaban J connectivity index is 2.05. The van der Waals surface area contributed by atoms with Crippen LogP contribution in [0, 0.1) is 0 Å². The number of nitrogen functional groups attached to an aromatic ring is 1. The summed E-state index contributed by atoms with van der Waals surface area (Å²) in [6.45, 7) is 6.11. The number of para-hydroxylation sites is 2. The Bertz CT molecular complexity index is 366. The van der Waals surface area contributed by atoms with Crippen molar-refractivity contribution >= 4 is 5.69 Å². The molecule has 2 N–H and O–H groups in total. The molecule has 0 aliphatic carbocycles. The van der Waals surface area contributed by atoms with Gasteiger partial charge in [0.25, 0.3) is 0 Å². The van der Waals surface area contributed by atoms with E-state index in [2.05, 4.69) is 13.8 Å². The molecule has 1 aromatic rings. The van der Waals surface area contributed by atoms with Crippen LogP contribution in [-0.4, -0.2) is 32.5 Å². The molecule has 0 aliphatic heterocycles. The summed E-state index contributed by atoms with van der Waals surface area (Å²) in [5.41, 5.74) is 6.33. The van der Waals surface area contributed by atoms with Crippen molar-refractivity contribution < 1.29 is 14.2 Å². The highest BCUT2D eigenvalue weighted by molar-refractivity contribution is 5.51. The first-order chi connectivity index (χ1) is 9.05. The average Bonchev–Trinajstić information content (AvgIpc) is 2.39. The van der Waals surface area contributed by atoms with Crippen LogP contribution >= 0.6 is 0 Å². The minimum atomic E-state index is -0.116. The molecule has 0 heterocycles. The molecule has 0 aliphatic rings. The van der Waals surface area contributed by atoms with Gasteiger partial charge in [0.15, 0.2) is 0 Å². The van der Waals surface area contributed by atoms with Crippen LogP contribution in [0.5, 0.6) is 5.75 Å². The van der Waals surface area contributed by atoms with Gasteiger partial charge in [-0.25, -0.2) is 0 Å². The summed E-state index contributed by atoms with van der Waals surface area (Å²) >= 11 is 0. The van der Waals surface area contributed by atoms with E-state index < -0.39 is 0 Å². The van der Waals surface area contributed by atoms with Crippen molar-refractivity contribution in [1.29, 1.82) is 0 Å². The predicted octanol–water partition coefficient (Wildman–Crippen LogP) is 2.87. The standard InChI is InChI=1S/C15H25NO3/c1-15(2,17-3)9-12-18-10-6-11-19-14-8-5-4-7-13(14)16/h4-5,7-8H,6,9-12,16H2,1-3H3. The SMILES string of the molecule is COC(C)(C)CCOCCCOc1ccccc1N. The molecule has 0 fully saturated rings. The van der Waals surface area contributed by atoms with Crippen molar-refractivity contribution in [2.45, 2.75) is 32.3 Å². The number of ether oxygens (including phenoxy) is 3. The van der Waals surface area contributed by atoms with Crippen LogP contribution in [0.25, 0.3) is 0 Å². The van der Waals surface area contributed by atoms with E-state index >= 15 is 0 Å². The molecule has 0 amide bonds. The quantitative estimate of drug-likeness (QED) is 0.552. The third-order valence-corrected chi connectivity index (χ3v) is 3.01. The normalized spacial score (nSPS) is 11.5. The maximum absolute atomic E-state index is 5.78. The molecule has 0 unspecified atom stereocenters. The van der Waals surface area contributed by atoms with Crippen LogP contribution in [-0.2, 0) is 9.47 Å². The third-order valence-electron chi connectivity index (χ3n) is 3.01. The number of hydrogen-bond acceptors (Lipinski definition) is 4. The maximum atomic E-state index is 5.78. The van der Waals surface area contributed by atoms with Gasteiger partial charge in [0.1, 0.15) is 5.75 Å². The first-order valence-corrected chi connectivity index (χ1v) is 6.65. The molecule has 0 aromatic heterocycles. The van der Waals surface area contributed by atoms with Gasteiger partial charge in [-0.3, -0.25) is 0 Å². The van der Waals surface area contributed by atoms with E-state index in [1.54, 1.807) is 7.11 Å². The second-order valence-corrected chi connectivity index (χ2v) is 5.07. The van der Waals surface area contributed by atoms with Crippen molar-refractivity contribution in [3.05, 3.63) is 24.3 Å². The van der Waals surface area contributed by atoms with Gasteiger partial charge >= 0.3 is 0 Å². The number of hydrogen-bond donors (Lipinski definition) is 1. The van der Waals surface area contributed by atoms with Crippen molar-refractivity contribution in [2.75, 3.05) is 32.7 Å². The average molecular weight is 267 g/mol. The fourth-order valence-electron chi connectivity index (χ4n) is 1.48. The zero-order chi connectivity index (χ0) is 14.1. The monoisotopic (exact) mass is 267 g/mol. The highest BCUT2D eigenvalue weighted by atomic mass is 16.5. The summed E-state index contributed by atoms with van der Waals surface area (Å²) in [7, 11) is 1.72. The molecule has 0 saturated heterocycles. The Morgan fingerprint density at radius 1 is 1.11 bits per heavy atom. The van der Waals surface area contributed by atoms with Gasteiger partial charge in [0.05, 0.1) is 17.9 Å². The summed E-state index contributed by atoms with van der Waals surface area (Å²) < 4.78 is 16.4. The van der Waals surface area contributed by atoms with Crippen molar-refractivity contribution in [3.63, 3.8) is 0 Å². The van der Waals surface area contributed by atoms with Crippen LogP contribution < -0.4 is 10.5 Å². The van der Waals surface area contributed by atoms with Crippen molar-refractivity contribution in [2.24, 2.45) is 0 Å². The van der Waals surface area contributed by atoms with E-state index in [1.165, 1.54) is 0 Å². The molecule has 1 rings (SSSR count). The van der Waals surface area contributed by atoms with Gasteiger partial charge < -0.3 is 19.9 Å². The van der Waals surface area contributed by atoms with Gasteiger partial charge in [0, 0.05) is 26.7 Å². The highest BCUT2D eigenvalue weighted by Crippen LogP contribution is 2.19. The summed E-state index contributed by atoms with van der Waals surface area (Å²) in [5, 5.41) is 0. The molecule has 19 heavy (non-hydrogen) atoms. The van der Waals surface area contributed by atoms with Gasteiger partial charge in [-0.2, -0.15) is 0 Å². The van der Waals surface area contributed by atoms with E-state index in [0.29, 0.717) is 25.5 Å². The molecule has 1 aromatic carbocycles. The lowest BCUT2D eigenvalue weighted by molar-refractivity contribution is -0.0107. The van der Waals surface area contributed by atoms with Gasteiger partial charge in [-0.15, -0.1) is 0 Å². The van der Waals surface area contributed by atoms with Crippen LogP contribution in [0.4, 0.5) is 5.69 Å². The maximum Gasteiger partial charge on any atom is 0.142 e. The highest BCUT2D eigenvalue weighted by Gasteiger charge is 2.15. The molecule has 0 saturated carbocycles. The topological polar surface area (TPSA) is 53.7 Å². The van der Waals surface area contributed by atoms with Gasteiger partial charge in [-0.05, 0) is 32.4 Å². The van der Waals surface area contributed by atoms with Crippen molar-refractivity contribution in [3.8, 4) is 5.75 Å². The largest absolute Gasteiger partial charge is 0.491 e. The zero-order valence-electron chi connectivity index (χ0n) is 12.1. The third kappa shape index (κ3) is 6.45. The van der Waals surface area contributed by atoms with Crippen LogP contribution in [0.3, 0.4) is 0 Å². The Morgan fingerprint density at radius 3 is 2.53 bits per heavy atom. The minimum absolute atomic E-state index is 0.116. The minimum Gasteiger partial charge on any atom is -0.491 e. The molecular weight excluding hydrogens is 242 g/mol. The van der Waals surface area contributed by atoms with Crippen LogP contribution in [0.2, 0.25) is 0 Å². The van der Waals surface area contributed by atoms with Gasteiger partial charge in [-0.1, -0.05) is 12.1 Å². The zero-order valence-corrected chi connectivity index (χ0v) is 12.1. The molecule has 4 heteroatoms. The molecular formula is C15H25NO3. The van der Waals surface area contributed by atoms with Crippen LogP contribution in [0.1, 0.15) is 26.7 Å². The predicted molar refractivity (Wildman–Crippen MR) is 77.5 cm³/mol. The lowest BCUT2D eigenvalue weighted by Crippen LogP contribution is -2.24. The number of nitrogens with two attached hydrogens (primary N) is 1. The lowest BCUT2D eigenvalue weighted by atomic mass is 10.1. The molecule has 0 bridgehead atoms. The molecule has 4 nitrogen and oxygen atoms in total. The fourth-order valence-corrected chi connectivity index (χ4v) is 1.48. The summed E-state index contributed by atoms with van der Waals surface area (Å²) in [4.78, 5) is 0. The summed E-state index contributed by atoms with van der Waals surface area (Å²) in [6.07, 6.45) is 1.73. The number of benzene rings is 1. The Morgan fingerprint density at radius 2 is 1.84 bits per heavy atom. The molecule has 0 atom stereocenters. The van der Waals surface area contributed by atoms with E-state index in [4.69, 9.17) is 19.9 Å². The second kappa shape index (κ2) is 8.02.